The van der Waals surface area contributed by atoms with Crippen LogP contribution in [0.3, 0.4) is 0 Å². The summed E-state index contributed by atoms with van der Waals surface area (Å²) in [6.45, 7) is 9.16. The Balaban J connectivity index is 0. The Labute approximate surface area is 101 Å². The van der Waals surface area contributed by atoms with E-state index in [0.29, 0.717) is 0 Å². The Morgan fingerprint density at radius 3 is 1.81 bits per heavy atom. The monoisotopic (exact) mass is 231 g/mol. The smallest absolute Gasteiger partial charge is 0.0766 e. The molecule has 0 aliphatic carbocycles. The summed E-state index contributed by atoms with van der Waals surface area (Å²) in [5, 5.41) is 9.76. The van der Waals surface area contributed by atoms with Gasteiger partial charge in [-0.1, -0.05) is 33.6 Å². The molecule has 1 N–H and O–H groups in total. The van der Waals surface area contributed by atoms with Gasteiger partial charge < -0.3 is 14.8 Å². The van der Waals surface area contributed by atoms with Crippen molar-refractivity contribution in [3.8, 4) is 0 Å². The minimum absolute atomic E-state index is 0.216. The number of carboxylic acid groups (broad SMARTS) is 1. The lowest BCUT2D eigenvalue weighted by Gasteiger charge is -2.09. The fourth-order valence-electron chi connectivity index (χ4n) is 1.50. The summed E-state index contributed by atoms with van der Waals surface area (Å²) in [5.41, 5.74) is 0. The van der Waals surface area contributed by atoms with Crippen LogP contribution in [0.1, 0.15) is 59.3 Å². The zero-order valence-electron chi connectivity index (χ0n) is 11.5. The van der Waals surface area contributed by atoms with Gasteiger partial charge in [-0.25, -0.2) is 0 Å². The number of quaternary nitrogens is 1. The van der Waals surface area contributed by atoms with E-state index in [9.17, 15) is 9.90 Å². The molecule has 0 saturated carbocycles. The van der Waals surface area contributed by atoms with Crippen molar-refractivity contribution >= 4 is 5.97 Å². The molecule has 0 heterocycles. The van der Waals surface area contributed by atoms with Crippen LogP contribution >= 0.6 is 0 Å². The van der Waals surface area contributed by atoms with E-state index in [1.165, 1.54) is 25.9 Å². The maximum Gasteiger partial charge on any atom is 0.0766 e. The molecule has 0 fully saturated rings. The van der Waals surface area contributed by atoms with Gasteiger partial charge in [0.05, 0.1) is 20.1 Å². The number of rotatable bonds is 8. The number of hydrogen-bond acceptors (Lipinski definition) is 2. The SMILES string of the molecule is CCCCCC(=O)[O-].CCC[NH+](C)CCC. The summed E-state index contributed by atoms with van der Waals surface area (Å²) in [5.74, 6) is -0.932. The molecule has 0 amide bonds. The molecule has 0 atom stereocenters. The summed E-state index contributed by atoms with van der Waals surface area (Å²) in [4.78, 5) is 11.4. The van der Waals surface area contributed by atoms with Gasteiger partial charge in [0.2, 0.25) is 0 Å². The highest BCUT2D eigenvalue weighted by molar-refractivity contribution is 5.63. The van der Waals surface area contributed by atoms with Crippen molar-refractivity contribution in [1.29, 1.82) is 0 Å². The number of carbonyl (C=O) groups excluding carboxylic acids is 1. The second-order valence-corrected chi connectivity index (χ2v) is 4.29. The van der Waals surface area contributed by atoms with Crippen molar-refractivity contribution in [2.45, 2.75) is 59.3 Å². The zero-order valence-corrected chi connectivity index (χ0v) is 11.5. The summed E-state index contributed by atoms with van der Waals surface area (Å²) in [6.07, 6.45) is 5.66. The van der Waals surface area contributed by atoms with Gasteiger partial charge in [0.25, 0.3) is 0 Å². The standard InChI is InChI=1S/C7H17N.C6H12O2/c1-4-6-8(3)7-5-2;1-2-3-4-5-6(7)8/h4-7H2,1-3H3;2-5H2,1H3,(H,7,8). The highest BCUT2D eigenvalue weighted by Gasteiger charge is 1.93. The van der Waals surface area contributed by atoms with Crippen LogP contribution in [-0.2, 0) is 4.79 Å². The van der Waals surface area contributed by atoms with E-state index in [1.807, 2.05) is 6.92 Å². The average Bonchev–Trinajstić information content (AvgIpc) is 2.19. The van der Waals surface area contributed by atoms with Crippen LogP contribution in [0.15, 0.2) is 0 Å². The number of aliphatic carboxylic acids is 1. The molecule has 0 spiro atoms. The van der Waals surface area contributed by atoms with Crippen LogP contribution in [0.2, 0.25) is 0 Å². The van der Waals surface area contributed by atoms with Crippen LogP contribution in [0.25, 0.3) is 0 Å². The normalized spacial score (nSPS) is 9.81. The highest BCUT2D eigenvalue weighted by atomic mass is 16.4. The van der Waals surface area contributed by atoms with E-state index in [2.05, 4.69) is 20.9 Å². The molecule has 16 heavy (non-hydrogen) atoms. The van der Waals surface area contributed by atoms with Gasteiger partial charge in [-0.05, 0) is 25.7 Å². The lowest BCUT2D eigenvalue weighted by molar-refractivity contribution is -0.879. The first-order chi connectivity index (χ1) is 7.58. The number of nitrogens with one attached hydrogen (secondary N) is 1. The largest absolute Gasteiger partial charge is 0.550 e. The molecule has 0 aromatic carbocycles. The minimum Gasteiger partial charge on any atom is -0.550 e. The Morgan fingerprint density at radius 1 is 1.00 bits per heavy atom. The number of unbranched alkanes of at least 4 members (excludes halogenated alkanes) is 2. The van der Waals surface area contributed by atoms with E-state index < -0.39 is 5.97 Å². The van der Waals surface area contributed by atoms with Gasteiger partial charge in [-0.2, -0.15) is 0 Å². The van der Waals surface area contributed by atoms with Crippen LogP contribution in [0, 0.1) is 0 Å². The van der Waals surface area contributed by atoms with Crippen molar-refractivity contribution < 1.29 is 14.8 Å². The molecule has 0 saturated heterocycles. The molecular weight excluding hydrogens is 202 g/mol. The number of carboxylic acids is 1. The molecule has 0 rings (SSSR count). The molecule has 98 valence electrons. The van der Waals surface area contributed by atoms with E-state index >= 15 is 0 Å². The fraction of sp³-hybridized carbons (Fsp3) is 0.923. The molecule has 3 nitrogen and oxygen atoms in total. The summed E-state index contributed by atoms with van der Waals surface area (Å²) < 4.78 is 0. The average molecular weight is 231 g/mol. The molecule has 3 heteroatoms. The molecule has 0 radical (unpaired) electrons. The Hall–Kier alpha value is -0.570. The topological polar surface area (TPSA) is 44.6 Å². The van der Waals surface area contributed by atoms with Crippen molar-refractivity contribution in [2.75, 3.05) is 20.1 Å². The van der Waals surface area contributed by atoms with Crippen LogP contribution in [0.4, 0.5) is 0 Å². The van der Waals surface area contributed by atoms with Gasteiger partial charge in [0.15, 0.2) is 0 Å². The Morgan fingerprint density at radius 2 is 1.50 bits per heavy atom. The van der Waals surface area contributed by atoms with Crippen molar-refractivity contribution in [3.63, 3.8) is 0 Å². The second kappa shape index (κ2) is 14.4. The summed E-state index contributed by atoms with van der Waals surface area (Å²) in [6, 6.07) is 0. The third-order valence-corrected chi connectivity index (χ3v) is 2.34. The fourth-order valence-corrected chi connectivity index (χ4v) is 1.50. The third kappa shape index (κ3) is 19.1. The van der Waals surface area contributed by atoms with Gasteiger partial charge >= 0.3 is 0 Å². The molecule has 0 aromatic heterocycles. The quantitative estimate of drug-likeness (QED) is 0.623. The highest BCUT2D eigenvalue weighted by Crippen LogP contribution is 1.96. The van der Waals surface area contributed by atoms with Crippen LogP contribution < -0.4 is 10.0 Å². The first kappa shape index (κ1) is 17.8. The molecule has 0 bridgehead atoms. The van der Waals surface area contributed by atoms with Crippen molar-refractivity contribution in [1.82, 2.24) is 0 Å². The predicted molar refractivity (Wildman–Crippen MR) is 66.4 cm³/mol. The van der Waals surface area contributed by atoms with Crippen molar-refractivity contribution in [3.05, 3.63) is 0 Å². The van der Waals surface area contributed by atoms with E-state index in [4.69, 9.17) is 0 Å². The Bertz CT molecular complexity index is 143. The first-order valence-electron chi connectivity index (χ1n) is 6.59. The summed E-state index contributed by atoms with van der Waals surface area (Å²) >= 11 is 0. The van der Waals surface area contributed by atoms with Gasteiger partial charge in [-0.15, -0.1) is 0 Å². The van der Waals surface area contributed by atoms with E-state index in [0.717, 1.165) is 19.3 Å². The Kier molecular flexibility index (Phi) is 16.1. The van der Waals surface area contributed by atoms with Crippen molar-refractivity contribution in [2.24, 2.45) is 0 Å². The maximum absolute atomic E-state index is 9.76. The summed E-state index contributed by atoms with van der Waals surface area (Å²) in [7, 11) is 2.26. The molecule has 0 aromatic rings. The van der Waals surface area contributed by atoms with Gasteiger partial charge in [-0.3, -0.25) is 0 Å². The van der Waals surface area contributed by atoms with Gasteiger partial charge in [0.1, 0.15) is 0 Å². The van der Waals surface area contributed by atoms with Gasteiger partial charge in [0, 0.05) is 5.97 Å². The zero-order chi connectivity index (χ0) is 12.8. The third-order valence-electron chi connectivity index (χ3n) is 2.34. The maximum atomic E-state index is 9.76. The second-order valence-electron chi connectivity index (χ2n) is 4.29. The molecular formula is C13H29NO2. The van der Waals surface area contributed by atoms with Crippen LogP contribution in [0.5, 0.6) is 0 Å². The number of carbonyl (C=O) groups is 1. The molecule has 0 aliphatic heterocycles. The first-order valence-corrected chi connectivity index (χ1v) is 6.59. The molecule has 0 unspecified atom stereocenters. The predicted octanol–water partition coefficient (Wildman–Crippen LogP) is 0.638. The lowest BCUT2D eigenvalue weighted by Crippen LogP contribution is -3.08. The lowest BCUT2D eigenvalue weighted by atomic mass is 10.2. The molecule has 0 aliphatic rings. The van der Waals surface area contributed by atoms with Crippen LogP contribution in [-0.4, -0.2) is 26.1 Å². The number of hydrogen-bond donors (Lipinski definition) is 1. The van der Waals surface area contributed by atoms with E-state index in [1.54, 1.807) is 4.90 Å². The van der Waals surface area contributed by atoms with E-state index in [-0.39, 0.29) is 6.42 Å². The minimum atomic E-state index is -0.932.